The van der Waals surface area contributed by atoms with Gasteiger partial charge in [0.25, 0.3) is 0 Å². The summed E-state index contributed by atoms with van der Waals surface area (Å²) < 4.78 is 47.1. The second-order valence-corrected chi connectivity index (χ2v) is 14.3. The van der Waals surface area contributed by atoms with Crippen molar-refractivity contribution >= 4 is 61.2 Å². The van der Waals surface area contributed by atoms with Gasteiger partial charge in [0.2, 0.25) is 0 Å². The fourth-order valence-corrected chi connectivity index (χ4v) is 7.10. The fraction of sp³-hybridized carbons (Fsp3) is 0.289. The molecule has 0 spiro atoms. The first-order valence-electron chi connectivity index (χ1n) is 19.1. The molecule has 0 fully saturated rings. The van der Waals surface area contributed by atoms with Crippen LogP contribution in [0.3, 0.4) is 0 Å². The number of methoxy groups -OCH3 is 1. The van der Waals surface area contributed by atoms with Crippen molar-refractivity contribution in [3.05, 3.63) is 105 Å². The highest BCUT2D eigenvalue weighted by atomic mass is 19.1. The first-order chi connectivity index (χ1) is 27.9. The molecule has 2 N–H and O–H groups in total. The molecule has 0 saturated carbocycles. The van der Waals surface area contributed by atoms with Gasteiger partial charge in [-0.25, -0.2) is 13.6 Å². The average Bonchev–Trinajstić information content (AvgIpc) is 3.77. The van der Waals surface area contributed by atoms with Crippen LogP contribution in [0.15, 0.2) is 71.5 Å². The van der Waals surface area contributed by atoms with Gasteiger partial charge >= 0.3 is 5.97 Å². The summed E-state index contributed by atoms with van der Waals surface area (Å²) in [5.74, 6) is -0.731. The van der Waals surface area contributed by atoms with Gasteiger partial charge in [-0.05, 0) is 83.0 Å². The Hall–Kier alpha value is -6.86. The van der Waals surface area contributed by atoms with Gasteiger partial charge in [0.05, 0.1) is 59.9 Å². The number of ether oxygens (including phenoxy) is 3. The number of nitrogens with one attached hydrogen (secondary N) is 2. The molecular formula is C45H44F2N6O5. The van der Waals surface area contributed by atoms with Crippen LogP contribution in [0.4, 0.5) is 20.3 Å². The van der Waals surface area contributed by atoms with Crippen molar-refractivity contribution in [2.24, 2.45) is 0 Å². The van der Waals surface area contributed by atoms with E-state index in [0.29, 0.717) is 79.8 Å². The Kier molecular flexibility index (Phi) is 12.0. The number of nitriles is 2. The lowest BCUT2D eigenvalue weighted by Gasteiger charge is -2.29. The molecule has 0 amide bonds. The summed E-state index contributed by atoms with van der Waals surface area (Å²) >= 11 is 0. The Balaban J connectivity index is 0.000000196. The maximum absolute atomic E-state index is 14.7. The quantitative estimate of drug-likeness (QED) is 0.123. The number of pyridine rings is 1. The van der Waals surface area contributed by atoms with Gasteiger partial charge in [-0.3, -0.25) is 4.79 Å². The second kappa shape index (κ2) is 17.1. The highest BCUT2D eigenvalue weighted by Crippen LogP contribution is 2.38. The fourth-order valence-electron chi connectivity index (χ4n) is 7.10. The lowest BCUT2D eigenvalue weighted by atomic mass is 10.1. The maximum atomic E-state index is 14.7. The van der Waals surface area contributed by atoms with Gasteiger partial charge < -0.3 is 33.6 Å². The van der Waals surface area contributed by atoms with E-state index in [1.807, 2.05) is 51.0 Å². The largest absolute Gasteiger partial charge is 0.491 e. The van der Waals surface area contributed by atoms with Crippen molar-refractivity contribution in [1.82, 2.24) is 14.5 Å². The van der Waals surface area contributed by atoms with Crippen molar-refractivity contribution in [2.45, 2.75) is 66.5 Å². The molecule has 0 radical (unpaired) electrons. The lowest BCUT2D eigenvalue weighted by Crippen LogP contribution is -2.27. The zero-order valence-electron chi connectivity index (χ0n) is 33.4. The number of rotatable bonds is 11. The molecule has 0 aliphatic heterocycles. The van der Waals surface area contributed by atoms with Crippen LogP contribution in [0.1, 0.15) is 81.9 Å². The number of anilines is 2. The van der Waals surface area contributed by atoms with Crippen molar-refractivity contribution in [3.8, 4) is 23.6 Å². The summed E-state index contributed by atoms with van der Waals surface area (Å²) in [6.45, 7) is 12.5. The number of nitrogens with zero attached hydrogens (tertiary/aromatic N) is 4. The monoisotopic (exact) mass is 786 g/mol. The van der Waals surface area contributed by atoms with Crippen LogP contribution in [-0.2, 0) is 4.74 Å². The van der Waals surface area contributed by atoms with E-state index in [-0.39, 0.29) is 29.0 Å². The van der Waals surface area contributed by atoms with Crippen LogP contribution in [-0.4, -0.2) is 46.9 Å². The molecule has 0 bridgehead atoms. The van der Waals surface area contributed by atoms with Crippen molar-refractivity contribution in [1.29, 1.82) is 10.5 Å². The third kappa shape index (κ3) is 7.63. The molecule has 3 heterocycles. The minimum absolute atomic E-state index is 0.0177. The van der Waals surface area contributed by atoms with Crippen LogP contribution in [0.5, 0.6) is 11.5 Å². The Morgan fingerprint density at radius 3 is 1.97 bits per heavy atom. The third-order valence-corrected chi connectivity index (χ3v) is 9.62. The van der Waals surface area contributed by atoms with Gasteiger partial charge in [0, 0.05) is 51.7 Å². The van der Waals surface area contributed by atoms with Gasteiger partial charge in [-0.1, -0.05) is 26.0 Å². The molecule has 7 aromatic rings. The summed E-state index contributed by atoms with van der Waals surface area (Å²) in [5, 5.41) is 20.7. The van der Waals surface area contributed by atoms with Crippen LogP contribution in [0.2, 0.25) is 0 Å². The first-order valence-corrected chi connectivity index (χ1v) is 19.1. The number of benzene rings is 4. The van der Waals surface area contributed by atoms with Crippen molar-refractivity contribution in [3.63, 3.8) is 0 Å². The number of carbonyl (C=O) groups excluding carboxylic acids is 1. The van der Waals surface area contributed by atoms with Gasteiger partial charge in [0.15, 0.2) is 28.6 Å². The van der Waals surface area contributed by atoms with Crippen molar-refractivity contribution < 1.29 is 27.8 Å². The standard InChI is InChI=1S/C23H24FN3O3.C22H20FN3O2/c1-5-10-30-20-9-7-16(12-18(20)24)27(14(2)3)22-21(23(28)29-4)17-8-6-15(13-25)11-19(17)26-22;1-4-7-28-19-9-15-18(10-16(19)23)26(12(2)3)22-20(21(15)27)14-6-5-13(11-24)8-17(14)25-22/h6-9,11-12,14,26H,5,10H2,1-4H3;5-6,8-10,12,25H,4,7H2,1-3H3. The van der Waals surface area contributed by atoms with E-state index in [0.717, 1.165) is 18.2 Å². The van der Waals surface area contributed by atoms with E-state index in [1.54, 1.807) is 48.5 Å². The SMILES string of the molecule is CCCOc1cc2c(=O)c3c4ccc(C#N)cc4[nH]c3n(C(C)C)c2cc1F.CCCOc1ccc(N(c2[nH]c3cc(C#N)ccc3c2C(=O)OC)C(C)C)cc1F. The molecule has 13 heteroatoms. The highest BCUT2D eigenvalue weighted by Gasteiger charge is 2.27. The average molecular weight is 787 g/mol. The number of fused-ring (bicyclic) bond motifs is 5. The number of halogens is 2. The minimum atomic E-state index is -0.519. The van der Waals surface area contributed by atoms with E-state index < -0.39 is 17.6 Å². The molecular weight excluding hydrogens is 743 g/mol. The molecule has 4 aromatic carbocycles. The van der Waals surface area contributed by atoms with Crippen LogP contribution >= 0.6 is 0 Å². The zero-order chi connectivity index (χ0) is 41.8. The van der Waals surface area contributed by atoms with E-state index in [9.17, 15) is 23.6 Å². The highest BCUT2D eigenvalue weighted by molar-refractivity contribution is 6.11. The van der Waals surface area contributed by atoms with E-state index in [2.05, 4.69) is 22.1 Å². The topological polar surface area (TPSA) is 149 Å². The summed E-state index contributed by atoms with van der Waals surface area (Å²) in [4.78, 5) is 34.3. The van der Waals surface area contributed by atoms with Crippen LogP contribution in [0, 0.1) is 34.3 Å². The predicted molar refractivity (Wildman–Crippen MR) is 222 cm³/mol. The Morgan fingerprint density at radius 2 is 1.40 bits per heavy atom. The number of aromatic nitrogens is 3. The number of H-pyrrole nitrogens is 2. The van der Waals surface area contributed by atoms with E-state index in [4.69, 9.17) is 19.5 Å². The Morgan fingerprint density at radius 1 is 0.793 bits per heavy atom. The van der Waals surface area contributed by atoms with Gasteiger partial charge in [0.1, 0.15) is 17.0 Å². The number of hydrogen-bond donors (Lipinski definition) is 2. The normalized spacial score (nSPS) is 11.2. The van der Waals surface area contributed by atoms with Gasteiger partial charge in [-0.2, -0.15) is 10.5 Å². The molecule has 7 rings (SSSR count). The second-order valence-electron chi connectivity index (χ2n) is 14.3. The molecule has 58 heavy (non-hydrogen) atoms. The number of carbonyl (C=O) groups is 1. The summed E-state index contributed by atoms with van der Waals surface area (Å²) in [5.41, 5.74) is 4.15. The Bertz CT molecular complexity index is 2820. The maximum Gasteiger partial charge on any atom is 0.342 e. The predicted octanol–water partition coefficient (Wildman–Crippen LogP) is 10.3. The third-order valence-electron chi connectivity index (χ3n) is 9.62. The summed E-state index contributed by atoms with van der Waals surface area (Å²) in [6.07, 6.45) is 1.53. The Labute approximate surface area is 334 Å². The molecule has 298 valence electrons. The van der Waals surface area contributed by atoms with Crippen molar-refractivity contribution in [2.75, 3.05) is 25.2 Å². The van der Waals surface area contributed by atoms with E-state index >= 15 is 0 Å². The molecule has 0 aliphatic carbocycles. The molecule has 3 aromatic heterocycles. The zero-order valence-corrected chi connectivity index (χ0v) is 33.4. The first kappa shape index (κ1) is 40.8. The number of esters is 1. The molecule has 0 aliphatic rings. The molecule has 0 saturated heterocycles. The smallest absolute Gasteiger partial charge is 0.342 e. The van der Waals surface area contributed by atoms with E-state index in [1.165, 1.54) is 25.3 Å². The molecule has 0 atom stereocenters. The number of aromatic amines is 2. The summed E-state index contributed by atoms with van der Waals surface area (Å²) in [7, 11) is 1.31. The summed E-state index contributed by atoms with van der Waals surface area (Å²) in [6, 6.07) is 21.9. The minimum Gasteiger partial charge on any atom is -0.491 e. The van der Waals surface area contributed by atoms with Crippen LogP contribution in [0.25, 0.3) is 43.7 Å². The lowest BCUT2D eigenvalue weighted by molar-refractivity contribution is 0.0603. The number of hydrogen-bond acceptors (Lipinski definition) is 8. The van der Waals surface area contributed by atoms with Gasteiger partial charge in [-0.15, -0.1) is 0 Å². The van der Waals surface area contributed by atoms with Crippen LogP contribution < -0.4 is 19.8 Å². The molecule has 11 nitrogen and oxygen atoms in total. The molecule has 0 unspecified atom stereocenters.